The van der Waals surface area contributed by atoms with E-state index in [1.54, 1.807) is 24.8 Å². The Bertz CT molecular complexity index is 952. The summed E-state index contributed by atoms with van der Waals surface area (Å²) in [7, 11) is 0. The van der Waals surface area contributed by atoms with Crippen molar-refractivity contribution >= 4 is 5.91 Å². The van der Waals surface area contributed by atoms with Crippen LogP contribution in [0.1, 0.15) is 46.9 Å². The van der Waals surface area contributed by atoms with Crippen LogP contribution in [0.25, 0.3) is 11.3 Å². The summed E-state index contributed by atoms with van der Waals surface area (Å²) in [6.07, 6.45) is 11.7. The van der Waals surface area contributed by atoms with Gasteiger partial charge in [0.05, 0.1) is 35.0 Å². The first-order chi connectivity index (χ1) is 13.6. The summed E-state index contributed by atoms with van der Waals surface area (Å²) in [6.45, 7) is 4.53. The summed E-state index contributed by atoms with van der Waals surface area (Å²) in [5.41, 5.74) is 3.77. The van der Waals surface area contributed by atoms with Crippen LogP contribution in [0, 0.1) is 13.8 Å². The molecule has 1 saturated heterocycles. The van der Waals surface area contributed by atoms with Gasteiger partial charge in [0.25, 0.3) is 5.91 Å². The van der Waals surface area contributed by atoms with Crippen molar-refractivity contribution < 1.29 is 9.32 Å². The van der Waals surface area contributed by atoms with Crippen LogP contribution in [0.15, 0.2) is 35.5 Å². The van der Waals surface area contributed by atoms with E-state index in [1.165, 1.54) is 6.20 Å². The minimum Gasteiger partial charge on any atom is -0.361 e. The van der Waals surface area contributed by atoms with Gasteiger partial charge in [-0.25, -0.2) is 9.97 Å². The molecule has 0 aliphatic carbocycles. The molecule has 3 aromatic heterocycles. The molecule has 4 rings (SSSR count). The van der Waals surface area contributed by atoms with Crippen LogP contribution in [0.5, 0.6) is 0 Å². The average molecular weight is 378 g/mol. The molecule has 8 nitrogen and oxygen atoms in total. The van der Waals surface area contributed by atoms with Gasteiger partial charge in [-0.2, -0.15) is 0 Å². The number of aryl methyl sites for hydroxylation is 3. The molecule has 144 valence electrons. The lowest BCUT2D eigenvalue weighted by Gasteiger charge is -2.24. The van der Waals surface area contributed by atoms with Crippen LogP contribution in [-0.2, 0) is 6.42 Å². The van der Waals surface area contributed by atoms with E-state index in [0.717, 1.165) is 60.6 Å². The normalized spacial score (nSPS) is 16.5. The minimum atomic E-state index is -0.0499. The molecule has 3 aromatic rings. The fraction of sp³-hybridized carbons (Fsp3) is 0.400. The molecule has 1 atom stereocenters. The standard InChI is InChI=1S/C20H22N6O2/c1-13-19(14(2)28-25-13)17-11-22-10-15(24-17)5-6-16-4-3-9-26(16)20(27)18-12-21-7-8-23-18/h7-8,10-12,16H,3-6,9H2,1-2H3. The molecule has 1 aliphatic heterocycles. The van der Waals surface area contributed by atoms with Crippen LogP contribution in [0.2, 0.25) is 0 Å². The maximum atomic E-state index is 12.7. The summed E-state index contributed by atoms with van der Waals surface area (Å²) in [4.78, 5) is 31.9. The molecule has 1 aliphatic rings. The van der Waals surface area contributed by atoms with Crippen molar-refractivity contribution in [2.24, 2.45) is 0 Å². The zero-order valence-electron chi connectivity index (χ0n) is 16.0. The number of likely N-dealkylation sites (tertiary alicyclic amines) is 1. The SMILES string of the molecule is Cc1noc(C)c1-c1cncc(CCC2CCCN2C(=O)c2cnccn2)n1. The molecule has 0 aromatic carbocycles. The Morgan fingerprint density at radius 2 is 2.11 bits per heavy atom. The lowest BCUT2D eigenvalue weighted by atomic mass is 10.1. The zero-order valence-corrected chi connectivity index (χ0v) is 16.0. The Morgan fingerprint density at radius 1 is 1.21 bits per heavy atom. The Balaban J connectivity index is 1.46. The number of hydrogen-bond acceptors (Lipinski definition) is 7. The van der Waals surface area contributed by atoms with E-state index in [4.69, 9.17) is 9.51 Å². The first-order valence-electron chi connectivity index (χ1n) is 9.44. The highest BCUT2D eigenvalue weighted by Gasteiger charge is 2.30. The van der Waals surface area contributed by atoms with Crippen LogP contribution in [-0.4, -0.2) is 48.5 Å². The van der Waals surface area contributed by atoms with Crippen LogP contribution >= 0.6 is 0 Å². The molecule has 1 amide bonds. The van der Waals surface area contributed by atoms with Gasteiger partial charge < -0.3 is 9.42 Å². The molecule has 1 unspecified atom stereocenters. The van der Waals surface area contributed by atoms with Crippen molar-refractivity contribution in [2.45, 2.75) is 45.6 Å². The highest BCUT2D eigenvalue weighted by Crippen LogP contribution is 2.26. The van der Waals surface area contributed by atoms with Gasteiger partial charge in [0.15, 0.2) is 0 Å². The molecule has 1 fully saturated rings. The largest absolute Gasteiger partial charge is 0.361 e. The third-order valence-electron chi connectivity index (χ3n) is 5.13. The molecule has 0 saturated carbocycles. The first kappa shape index (κ1) is 18.2. The predicted molar refractivity (Wildman–Crippen MR) is 101 cm³/mol. The first-order valence-corrected chi connectivity index (χ1v) is 9.44. The van der Waals surface area contributed by atoms with Gasteiger partial charge in [0.2, 0.25) is 0 Å². The summed E-state index contributed by atoms with van der Waals surface area (Å²) in [5, 5.41) is 3.99. The van der Waals surface area contributed by atoms with E-state index in [-0.39, 0.29) is 11.9 Å². The second-order valence-corrected chi connectivity index (χ2v) is 7.02. The van der Waals surface area contributed by atoms with Crippen LogP contribution in [0.4, 0.5) is 0 Å². The van der Waals surface area contributed by atoms with Gasteiger partial charge in [-0.1, -0.05) is 5.16 Å². The number of aromatic nitrogens is 5. The van der Waals surface area contributed by atoms with Crippen molar-refractivity contribution in [3.05, 3.63) is 53.8 Å². The Labute approximate surface area is 163 Å². The zero-order chi connectivity index (χ0) is 19.5. The van der Waals surface area contributed by atoms with Crippen molar-refractivity contribution in [1.29, 1.82) is 0 Å². The van der Waals surface area contributed by atoms with Gasteiger partial charge in [-0.05, 0) is 39.5 Å². The monoisotopic (exact) mass is 378 g/mol. The van der Waals surface area contributed by atoms with E-state index < -0.39 is 0 Å². The van der Waals surface area contributed by atoms with E-state index in [1.807, 2.05) is 18.7 Å². The molecule has 0 radical (unpaired) electrons. The molecule has 0 N–H and O–H groups in total. The Morgan fingerprint density at radius 3 is 2.86 bits per heavy atom. The third-order valence-corrected chi connectivity index (χ3v) is 5.13. The number of carbonyl (C=O) groups excluding carboxylic acids is 1. The molecule has 0 spiro atoms. The maximum Gasteiger partial charge on any atom is 0.274 e. The smallest absolute Gasteiger partial charge is 0.274 e. The van der Waals surface area contributed by atoms with E-state index in [0.29, 0.717) is 5.69 Å². The number of nitrogens with zero attached hydrogens (tertiary/aromatic N) is 6. The number of carbonyl (C=O) groups is 1. The lowest BCUT2D eigenvalue weighted by Crippen LogP contribution is -2.36. The predicted octanol–water partition coefficient (Wildman–Crippen LogP) is 2.78. The molecule has 0 bridgehead atoms. The molecule has 8 heteroatoms. The minimum absolute atomic E-state index is 0.0499. The highest BCUT2D eigenvalue weighted by molar-refractivity contribution is 5.92. The van der Waals surface area contributed by atoms with Gasteiger partial charge in [0, 0.05) is 31.2 Å². The summed E-state index contributed by atoms with van der Waals surface area (Å²) in [6, 6.07) is 0.180. The van der Waals surface area contributed by atoms with Gasteiger partial charge >= 0.3 is 0 Å². The molecule has 4 heterocycles. The van der Waals surface area contributed by atoms with E-state index in [2.05, 4.69) is 20.1 Å². The summed E-state index contributed by atoms with van der Waals surface area (Å²) < 4.78 is 5.24. The summed E-state index contributed by atoms with van der Waals surface area (Å²) >= 11 is 0. The quantitative estimate of drug-likeness (QED) is 0.673. The summed E-state index contributed by atoms with van der Waals surface area (Å²) in [5.74, 6) is 0.687. The second kappa shape index (κ2) is 7.84. The van der Waals surface area contributed by atoms with Gasteiger partial charge in [0.1, 0.15) is 11.5 Å². The van der Waals surface area contributed by atoms with E-state index >= 15 is 0 Å². The molecule has 28 heavy (non-hydrogen) atoms. The molecular formula is C20H22N6O2. The Hall–Kier alpha value is -3.16. The van der Waals surface area contributed by atoms with Crippen LogP contribution < -0.4 is 0 Å². The van der Waals surface area contributed by atoms with Crippen molar-refractivity contribution in [3.8, 4) is 11.3 Å². The fourth-order valence-electron chi connectivity index (χ4n) is 3.77. The fourth-order valence-corrected chi connectivity index (χ4v) is 3.77. The lowest BCUT2D eigenvalue weighted by molar-refractivity contribution is 0.0724. The maximum absolute atomic E-state index is 12.7. The number of hydrogen-bond donors (Lipinski definition) is 0. The van der Waals surface area contributed by atoms with Crippen molar-refractivity contribution in [1.82, 2.24) is 30.0 Å². The highest BCUT2D eigenvalue weighted by atomic mass is 16.5. The topological polar surface area (TPSA) is 97.9 Å². The molecular weight excluding hydrogens is 356 g/mol. The van der Waals surface area contributed by atoms with Gasteiger partial charge in [-0.3, -0.25) is 14.8 Å². The third kappa shape index (κ3) is 3.62. The van der Waals surface area contributed by atoms with Crippen molar-refractivity contribution in [3.63, 3.8) is 0 Å². The Kier molecular flexibility index (Phi) is 5.10. The number of rotatable bonds is 5. The number of amides is 1. The average Bonchev–Trinajstić information content (AvgIpc) is 3.33. The van der Waals surface area contributed by atoms with E-state index in [9.17, 15) is 4.79 Å². The van der Waals surface area contributed by atoms with Crippen LogP contribution in [0.3, 0.4) is 0 Å². The van der Waals surface area contributed by atoms with Gasteiger partial charge in [-0.15, -0.1) is 0 Å². The second-order valence-electron chi connectivity index (χ2n) is 7.02. The van der Waals surface area contributed by atoms with Crippen molar-refractivity contribution in [2.75, 3.05) is 6.54 Å².